The smallest absolute Gasteiger partial charge is 0.326 e. The van der Waals surface area contributed by atoms with Gasteiger partial charge in [0.25, 0.3) is 10.0 Å². The number of benzene rings is 2. The molecule has 3 atom stereocenters. The maximum absolute atomic E-state index is 13.9. The van der Waals surface area contributed by atoms with E-state index in [1.165, 1.54) is 18.1 Å². The first kappa shape index (κ1) is 37.5. The molecule has 0 unspecified atom stereocenters. The number of carbonyl (C=O) groups excluding carboxylic acids is 1. The summed E-state index contributed by atoms with van der Waals surface area (Å²) in [7, 11) is -6.98. The normalized spacial score (nSPS) is 17.4. The van der Waals surface area contributed by atoms with Crippen molar-refractivity contribution in [3.63, 3.8) is 0 Å². The van der Waals surface area contributed by atoms with E-state index < -0.39 is 50.0 Å². The van der Waals surface area contributed by atoms with E-state index in [0.29, 0.717) is 34.2 Å². The average Bonchev–Trinajstić information content (AvgIpc) is 3.02. The van der Waals surface area contributed by atoms with Crippen LogP contribution < -0.4 is 19.5 Å². The Bertz CT molecular complexity index is 1980. The number of sulfonamides is 2. The molecule has 1 aliphatic rings. The number of hydrogen-bond donors (Lipinski definition) is 5. The number of carboxylic acid groups (broad SMARTS) is 1. The molecule has 1 aromatic heterocycles. The molecule has 0 radical (unpaired) electrons. The summed E-state index contributed by atoms with van der Waals surface area (Å²) in [6.45, 7) is 8.91. The number of ether oxygens (including phenoxy) is 1. The molecule has 2 aromatic carbocycles. The van der Waals surface area contributed by atoms with Crippen LogP contribution in [0.3, 0.4) is 0 Å². The standard InChI is InChI=1S/C33H44N6O8S2/c1-19-12-14-39(26(16-19)32(41)42)31(40)25(37-48(43,44)28-11-7-9-24-15-20(2)18-36-29(24)28)10-8-13-35-33(34)38-49(45,46)30-21(3)17-27(47-6)22(4)23(30)5/h7,9,11,15,17-19,25-26,37H,8,10,12-14,16H2,1-6H3,(H,41,42)(H3,34,35,38)/t19-,25+,26-/m1/s1. The Morgan fingerprint density at radius 1 is 1.10 bits per heavy atom. The second kappa shape index (κ2) is 15.1. The van der Waals surface area contributed by atoms with Crippen molar-refractivity contribution in [1.82, 2.24) is 24.6 Å². The molecular formula is C33H44N6O8S2. The molecule has 14 nitrogen and oxygen atoms in total. The fourth-order valence-corrected chi connectivity index (χ4v) is 9.06. The predicted octanol–water partition coefficient (Wildman–Crippen LogP) is 3.12. The van der Waals surface area contributed by atoms with Gasteiger partial charge in [-0.3, -0.25) is 15.2 Å². The van der Waals surface area contributed by atoms with Gasteiger partial charge in [-0.05, 0) is 99.7 Å². The van der Waals surface area contributed by atoms with Crippen LogP contribution in [0.2, 0.25) is 0 Å². The zero-order valence-corrected chi connectivity index (χ0v) is 30.1. The first-order valence-corrected chi connectivity index (χ1v) is 18.8. The highest BCUT2D eigenvalue weighted by Gasteiger charge is 2.39. The predicted molar refractivity (Wildman–Crippen MR) is 185 cm³/mol. The number of amides is 1. The van der Waals surface area contributed by atoms with Gasteiger partial charge in [-0.15, -0.1) is 0 Å². The van der Waals surface area contributed by atoms with Crippen molar-refractivity contribution in [2.24, 2.45) is 5.92 Å². The van der Waals surface area contributed by atoms with Gasteiger partial charge < -0.3 is 20.1 Å². The van der Waals surface area contributed by atoms with Gasteiger partial charge in [0.1, 0.15) is 22.7 Å². The minimum atomic E-state index is -4.33. The lowest BCUT2D eigenvalue weighted by molar-refractivity contribution is -0.153. The Kier molecular flexibility index (Phi) is 11.6. The number of aliphatic carboxylic acids is 1. The third kappa shape index (κ3) is 8.48. The number of rotatable bonds is 12. The van der Waals surface area contributed by atoms with Crippen molar-refractivity contribution < 1.29 is 36.3 Å². The molecule has 5 N–H and O–H groups in total. The van der Waals surface area contributed by atoms with Crippen molar-refractivity contribution >= 4 is 48.8 Å². The van der Waals surface area contributed by atoms with E-state index >= 15 is 0 Å². The Hall–Kier alpha value is -4.28. The quantitative estimate of drug-likeness (QED) is 0.105. The zero-order valence-electron chi connectivity index (χ0n) is 28.5. The number of methoxy groups -OCH3 is 1. The molecule has 1 amide bonds. The minimum absolute atomic E-state index is 0.000951. The summed E-state index contributed by atoms with van der Waals surface area (Å²) >= 11 is 0. The number of likely N-dealkylation sites (tertiary alicyclic amines) is 1. The lowest BCUT2D eigenvalue weighted by Crippen LogP contribution is -2.56. The van der Waals surface area contributed by atoms with Gasteiger partial charge in [0.2, 0.25) is 21.9 Å². The molecule has 3 aromatic rings. The molecule has 49 heavy (non-hydrogen) atoms. The van der Waals surface area contributed by atoms with E-state index in [0.717, 1.165) is 5.56 Å². The van der Waals surface area contributed by atoms with Crippen LogP contribution in [-0.4, -0.2) is 81.9 Å². The number of hydrogen-bond acceptors (Lipinski definition) is 9. The number of guanidine groups is 1. The summed E-state index contributed by atoms with van der Waals surface area (Å²) in [5, 5.41) is 21.4. The molecule has 1 aliphatic heterocycles. The number of carboxylic acids is 1. The third-order valence-corrected chi connectivity index (χ3v) is 11.9. The Labute approximate surface area is 287 Å². The first-order valence-electron chi connectivity index (χ1n) is 15.9. The van der Waals surface area contributed by atoms with E-state index in [-0.39, 0.29) is 53.6 Å². The highest BCUT2D eigenvalue weighted by Crippen LogP contribution is 2.30. The summed E-state index contributed by atoms with van der Waals surface area (Å²) in [6, 6.07) is 5.65. The van der Waals surface area contributed by atoms with Crippen LogP contribution in [0.5, 0.6) is 5.75 Å². The molecule has 0 aliphatic carbocycles. The van der Waals surface area contributed by atoms with Crippen molar-refractivity contribution in [3.05, 3.63) is 58.8 Å². The molecule has 0 saturated carbocycles. The largest absolute Gasteiger partial charge is 0.496 e. The number of piperidine rings is 1. The number of nitrogens with zero attached hydrogens (tertiary/aromatic N) is 2. The van der Waals surface area contributed by atoms with Gasteiger partial charge in [-0.1, -0.05) is 19.1 Å². The maximum atomic E-state index is 13.9. The molecule has 0 bridgehead atoms. The molecule has 4 rings (SSSR count). The fraction of sp³-hybridized carbons (Fsp3) is 0.455. The van der Waals surface area contributed by atoms with Crippen LogP contribution >= 0.6 is 0 Å². The second-order valence-electron chi connectivity index (χ2n) is 12.6. The van der Waals surface area contributed by atoms with Crippen LogP contribution in [0.1, 0.15) is 54.9 Å². The molecule has 0 spiro atoms. The summed E-state index contributed by atoms with van der Waals surface area (Å²) in [5.41, 5.74) is 2.63. The minimum Gasteiger partial charge on any atom is -0.496 e. The molecule has 16 heteroatoms. The number of para-hydroxylation sites is 1. The van der Waals surface area contributed by atoms with E-state index in [2.05, 4.69) is 19.7 Å². The van der Waals surface area contributed by atoms with Crippen molar-refractivity contribution in [1.29, 1.82) is 5.41 Å². The van der Waals surface area contributed by atoms with E-state index in [1.54, 1.807) is 51.2 Å². The van der Waals surface area contributed by atoms with Gasteiger partial charge >= 0.3 is 5.97 Å². The van der Waals surface area contributed by atoms with Gasteiger partial charge in [0, 0.05) is 24.7 Å². The number of fused-ring (bicyclic) bond motifs is 1. The van der Waals surface area contributed by atoms with Crippen LogP contribution in [0.25, 0.3) is 10.9 Å². The fourth-order valence-electron chi connectivity index (χ4n) is 6.17. The highest BCUT2D eigenvalue weighted by atomic mass is 32.2. The molecule has 2 heterocycles. The summed E-state index contributed by atoms with van der Waals surface area (Å²) in [4.78, 5) is 31.5. The Morgan fingerprint density at radius 3 is 2.49 bits per heavy atom. The van der Waals surface area contributed by atoms with E-state index in [4.69, 9.17) is 10.1 Å². The van der Waals surface area contributed by atoms with Crippen molar-refractivity contribution in [3.8, 4) is 5.75 Å². The number of carbonyl (C=O) groups is 2. The Morgan fingerprint density at radius 2 is 1.82 bits per heavy atom. The van der Waals surface area contributed by atoms with Crippen LogP contribution in [0.4, 0.5) is 0 Å². The van der Waals surface area contributed by atoms with Gasteiger partial charge in [-0.2, -0.15) is 4.72 Å². The average molecular weight is 717 g/mol. The third-order valence-electron chi connectivity index (χ3n) is 8.80. The maximum Gasteiger partial charge on any atom is 0.326 e. The number of nitrogens with one attached hydrogen (secondary N) is 4. The van der Waals surface area contributed by atoms with Gasteiger partial charge in [0.05, 0.1) is 17.5 Å². The monoisotopic (exact) mass is 716 g/mol. The molecular weight excluding hydrogens is 673 g/mol. The Balaban J connectivity index is 1.52. The number of pyridine rings is 1. The summed E-state index contributed by atoms with van der Waals surface area (Å²) in [6.07, 6.45) is 2.39. The topological polar surface area (TPSA) is 208 Å². The van der Waals surface area contributed by atoms with Gasteiger partial charge in [0.15, 0.2) is 0 Å². The summed E-state index contributed by atoms with van der Waals surface area (Å²) < 4.78 is 64.1. The lowest BCUT2D eigenvalue weighted by atomic mass is 9.91. The molecule has 1 fully saturated rings. The van der Waals surface area contributed by atoms with Gasteiger partial charge in [-0.25, -0.2) is 26.4 Å². The van der Waals surface area contributed by atoms with Crippen LogP contribution in [0.15, 0.2) is 46.3 Å². The summed E-state index contributed by atoms with van der Waals surface area (Å²) in [5.74, 6) is -1.75. The molecule has 1 saturated heterocycles. The first-order chi connectivity index (χ1) is 23.0. The number of aryl methyl sites for hydroxylation is 2. The van der Waals surface area contributed by atoms with Crippen LogP contribution in [-0.2, 0) is 29.6 Å². The van der Waals surface area contributed by atoms with Crippen molar-refractivity contribution in [2.75, 3.05) is 20.2 Å². The molecule has 266 valence electrons. The number of aromatic nitrogens is 1. The van der Waals surface area contributed by atoms with Crippen LogP contribution in [0, 0.1) is 39.0 Å². The highest BCUT2D eigenvalue weighted by molar-refractivity contribution is 7.90. The SMILES string of the molecule is COc1cc(C)c(S(=O)(=O)NC(=N)NCCC[C@H](NS(=O)(=O)c2cccc3cc(C)cnc23)C(=O)N2CC[C@@H](C)C[C@@H]2C(=O)O)c(C)c1C. The zero-order chi connectivity index (χ0) is 36.3. The van der Waals surface area contributed by atoms with E-state index in [9.17, 15) is 31.5 Å². The van der Waals surface area contributed by atoms with Crippen molar-refractivity contribution in [2.45, 2.75) is 82.2 Å². The second-order valence-corrected chi connectivity index (χ2v) is 15.9. The van der Waals surface area contributed by atoms with E-state index in [1.807, 2.05) is 13.8 Å². The lowest BCUT2D eigenvalue weighted by Gasteiger charge is -2.38.